The Kier molecular flexibility index (Phi) is 5.60. The lowest BCUT2D eigenvalue weighted by Gasteiger charge is -2.16. The molecule has 1 atom stereocenters. The Morgan fingerprint density at radius 3 is 2.48 bits per heavy atom. The number of amides is 1. The lowest BCUT2D eigenvalue weighted by atomic mass is 10.1. The second kappa shape index (κ2) is 8.09. The third-order valence-corrected chi connectivity index (χ3v) is 4.82. The summed E-state index contributed by atoms with van der Waals surface area (Å²) in [6.45, 7) is 1.82. The van der Waals surface area contributed by atoms with Crippen LogP contribution >= 0.6 is 11.3 Å². The molecule has 1 amide bonds. The van der Waals surface area contributed by atoms with Crippen molar-refractivity contribution in [2.24, 2.45) is 0 Å². The van der Waals surface area contributed by atoms with Crippen LogP contribution in [0.5, 0.6) is 17.2 Å². The van der Waals surface area contributed by atoms with Crippen molar-refractivity contribution in [2.75, 3.05) is 21.3 Å². The number of aromatic nitrogens is 3. The molecular formula is C18H20N4O4S. The summed E-state index contributed by atoms with van der Waals surface area (Å²) in [5.41, 5.74) is 0.333. The van der Waals surface area contributed by atoms with Crippen molar-refractivity contribution in [1.29, 1.82) is 0 Å². The molecule has 1 unspecified atom stereocenters. The maximum Gasteiger partial charge on any atom is 0.255 e. The van der Waals surface area contributed by atoms with Gasteiger partial charge in [-0.2, -0.15) is 5.10 Å². The summed E-state index contributed by atoms with van der Waals surface area (Å²) in [5.74, 6) is 2.14. The average Bonchev–Trinajstić information content (AvgIpc) is 3.37. The molecule has 27 heavy (non-hydrogen) atoms. The van der Waals surface area contributed by atoms with Crippen LogP contribution in [0.1, 0.15) is 29.1 Å². The summed E-state index contributed by atoms with van der Waals surface area (Å²) in [5, 5.41) is 11.9. The summed E-state index contributed by atoms with van der Waals surface area (Å²) in [4.78, 5) is 18.2. The molecule has 0 bridgehead atoms. The van der Waals surface area contributed by atoms with Crippen LogP contribution in [-0.2, 0) is 0 Å². The van der Waals surface area contributed by atoms with Gasteiger partial charge in [-0.15, -0.1) is 11.3 Å². The van der Waals surface area contributed by atoms with Crippen molar-refractivity contribution in [2.45, 2.75) is 13.0 Å². The summed E-state index contributed by atoms with van der Waals surface area (Å²) in [6, 6.07) is 6.69. The molecule has 3 aromatic rings. The zero-order valence-electron chi connectivity index (χ0n) is 15.4. The molecular weight excluding hydrogens is 368 g/mol. The summed E-state index contributed by atoms with van der Waals surface area (Å²) >= 11 is 1.55. The molecule has 0 fully saturated rings. The highest BCUT2D eigenvalue weighted by Crippen LogP contribution is 2.34. The van der Waals surface area contributed by atoms with Crippen LogP contribution in [0, 0.1) is 0 Å². The van der Waals surface area contributed by atoms with Crippen LogP contribution in [0.2, 0.25) is 0 Å². The van der Waals surface area contributed by atoms with Crippen LogP contribution in [0.4, 0.5) is 0 Å². The highest BCUT2D eigenvalue weighted by atomic mass is 32.1. The Balaban J connectivity index is 1.80. The predicted octanol–water partition coefficient (Wildman–Crippen LogP) is 3.05. The number of benzene rings is 1. The van der Waals surface area contributed by atoms with Gasteiger partial charge in [0.1, 0.15) is 11.6 Å². The molecule has 0 spiro atoms. The van der Waals surface area contributed by atoms with Crippen molar-refractivity contribution in [1.82, 2.24) is 20.5 Å². The first-order chi connectivity index (χ1) is 13.1. The topological polar surface area (TPSA) is 98.4 Å². The van der Waals surface area contributed by atoms with Crippen molar-refractivity contribution in [3.8, 4) is 28.0 Å². The highest BCUT2D eigenvalue weighted by Gasteiger charge is 2.21. The quantitative estimate of drug-likeness (QED) is 0.645. The molecule has 2 heterocycles. The zero-order valence-corrected chi connectivity index (χ0v) is 16.2. The van der Waals surface area contributed by atoms with E-state index in [1.807, 2.05) is 24.4 Å². The number of aromatic amines is 1. The Morgan fingerprint density at radius 1 is 1.15 bits per heavy atom. The molecule has 0 aliphatic carbocycles. The average molecular weight is 388 g/mol. The summed E-state index contributed by atoms with van der Waals surface area (Å²) < 4.78 is 15.8. The number of carbonyl (C=O) groups excluding carboxylic acids is 1. The molecule has 0 radical (unpaired) electrons. The van der Waals surface area contributed by atoms with E-state index in [1.54, 1.807) is 23.5 Å². The molecule has 2 N–H and O–H groups in total. The summed E-state index contributed by atoms with van der Waals surface area (Å²) in [7, 11) is 4.52. The first-order valence-corrected chi connectivity index (χ1v) is 9.02. The van der Waals surface area contributed by atoms with Gasteiger partial charge in [-0.3, -0.25) is 9.89 Å². The zero-order chi connectivity index (χ0) is 19.4. The lowest BCUT2D eigenvalue weighted by Crippen LogP contribution is -2.27. The monoisotopic (exact) mass is 388 g/mol. The van der Waals surface area contributed by atoms with E-state index in [2.05, 4.69) is 20.5 Å². The lowest BCUT2D eigenvalue weighted by molar-refractivity contribution is 0.0935. The Labute approximate surface area is 160 Å². The number of methoxy groups -OCH3 is 3. The van der Waals surface area contributed by atoms with Gasteiger partial charge in [-0.05, 0) is 18.4 Å². The van der Waals surface area contributed by atoms with Gasteiger partial charge in [0, 0.05) is 12.1 Å². The van der Waals surface area contributed by atoms with E-state index in [-0.39, 0.29) is 11.9 Å². The Hall–Kier alpha value is -3.07. The number of rotatable bonds is 7. The fourth-order valence-corrected chi connectivity index (χ4v) is 3.19. The number of carbonyl (C=O) groups is 1. The first-order valence-electron chi connectivity index (χ1n) is 8.14. The molecule has 8 nitrogen and oxygen atoms in total. The molecule has 0 aliphatic heterocycles. The predicted molar refractivity (Wildman–Crippen MR) is 102 cm³/mol. The molecule has 0 saturated heterocycles. The number of thiophene rings is 1. The molecule has 0 aliphatic rings. The van der Waals surface area contributed by atoms with Crippen LogP contribution in [0.15, 0.2) is 29.6 Å². The number of nitrogens with one attached hydrogen (secondary N) is 2. The highest BCUT2D eigenvalue weighted by molar-refractivity contribution is 7.13. The molecule has 2 aromatic heterocycles. The van der Waals surface area contributed by atoms with Crippen molar-refractivity contribution >= 4 is 17.2 Å². The molecule has 3 rings (SSSR count). The van der Waals surface area contributed by atoms with Crippen molar-refractivity contribution in [3.63, 3.8) is 0 Å². The smallest absolute Gasteiger partial charge is 0.255 e. The van der Waals surface area contributed by atoms with Crippen LogP contribution in [0.25, 0.3) is 10.7 Å². The van der Waals surface area contributed by atoms with Crippen LogP contribution in [0.3, 0.4) is 0 Å². The van der Waals surface area contributed by atoms with Crippen molar-refractivity contribution in [3.05, 3.63) is 41.0 Å². The second-order valence-electron chi connectivity index (χ2n) is 5.62. The molecule has 0 saturated carbocycles. The van der Waals surface area contributed by atoms with Crippen LogP contribution < -0.4 is 19.5 Å². The number of hydrogen-bond donors (Lipinski definition) is 2. The third-order valence-electron chi connectivity index (χ3n) is 3.95. The minimum absolute atomic E-state index is 0.325. The maximum atomic E-state index is 12.8. The van der Waals surface area contributed by atoms with E-state index < -0.39 is 0 Å². The van der Waals surface area contributed by atoms with E-state index in [0.29, 0.717) is 34.5 Å². The third kappa shape index (κ3) is 3.87. The number of hydrogen-bond acceptors (Lipinski definition) is 7. The number of nitrogens with zero attached hydrogens (tertiary/aromatic N) is 2. The van der Waals surface area contributed by atoms with E-state index >= 15 is 0 Å². The van der Waals surface area contributed by atoms with E-state index in [0.717, 1.165) is 4.88 Å². The van der Waals surface area contributed by atoms with E-state index in [1.165, 1.54) is 21.3 Å². The van der Waals surface area contributed by atoms with Gasteiger partial charge in [-0.25, -0.2) is 4.98 Å². The van der Waals surface area contributed by atoms with Gasteiger partial charge in [0.2, 0.25) is 0 Å². The van der Waals surface area contributed by atoms with Gasteiger partial charge in [-0.1, -0.05) is 6.07 Å². The fourth-order valence-electron chi connectivity index (χ4n) is 2.53. The van der Waals surface area contributed by atoms with Gasteiger partial charge < -0.3 is 19.5 Å². The normalized spacial score (nSPS) is 11.7. The Bertz CT molecular complexity index is 924. The molecule has 9 heteroatoms. The SMILES string of the molecule is COc1cc(OC)c(C(=O)NC(C)c2nc(-c3cccs3)n[nH]2)cc1OC. The van der Waals surface area contributed by atoms with E-state index in [4.69, 9.17) is 14.2 Å². The van der Waals surface area contributed by atoms with Crippen LogP contribution in [-0.4, -0.2) is 42.4 Å². The summed E-state index contributed by atoms with van der Waals surface area (Å²) in [6.07, 6.45) is 0. The molecule has 1 aromatic carbocycles. The minimum Gasteiger partial charge on any atom is -0.496 e. The van der Waals surface area contributed by atoms with Gasteiger partial charge in [0.05, 0.1) is 37.8 Å². The standard InChI is InChI=1S/C18H20N4O4S/c1-10(16-20-17(22-21-16)15-6-5-7-27-15)19-18(23)11-8-13(25-3)14(26-4)9-12(11)24-2/h5-10H,1-4H3,(H,19,23)(H,20,21,22). The number of ether oxygens (including phenoxy) is 3. The van der Waals surface area contributed by atoms with Gasteiger partial charge >= 0.3 is 0 Å². The Morgan fingerprint density at radius 2 is 1.85 bits per heavy atom. The first kappa shape index (κ1) is 18.7. The minimum atomic E-state index is -0.378. The van der Waals surface area contributed by atoms with E-state index in [9.17, 15) is 4.79 Å². The number of H-pyrrole nitrogens is 1. The fraction of sp³-hybridized carbons (Fsp3) is 0.278. The van der Waals surface area contributed by atoms with Gasteiger partial charge in [0.15, 0.2) is 17.3 Å². The van der Waals surface area contributed by atoms with Gasteiger partial charge in [0.25, 0.3) is 5.91 Å². The van der Waals surface area contributed by atoms with Crippen molar-refractivity contribution < 1.29 is 19.0 Å². The largest absolute Gasteiger partial charge is 0.496 e. The second-order valence-corrected chi connectivity index (χ2v) is 6.57. The molecule has 142 valence electrons. The maximum absolute atomic E-state index is 12.8.